The van der Waals surface area contributed by atoms with Gasteiger partial charge in [-0.1, -0.05) is 25.6 Å². The molecule has 0 heterocycles. The van der Waals surface area contributed by atoms with Gasteiger partial charge in [0.15, 0.2) is 0 Å². The van der Waals surface area contributed by atoms with Crippen molar-refractivity contribution in [1.29, 1.82) is 0 Å². The van der Waals surface area contributed by atoms with Gasteiger partial charge in [-0.25, -0.2) is 0 Å². The third-order valence-electron chi connectivity index (χ3n) is 0.756. The minimum Gasteiger partial charge on any atom is -0.508 e. The zero-order valence-electron chi connectivity index (χ0n) is 4.24. The molecule has 0 amide bonds. The Bertz CT molecular complexity index is 139. The molecule has 1 aromatic rings. The van der Waals surface area contributed by atoms with Crippen LogP contribution in [0.25, 0.3) is 0 Å². The van der Waals surface area contributed by atoms with Gasteiger partial charge in [-0.2, -0.15) is 0 Å². The molecule has 0 unspecified atom stereocenters. The van der Waals surface area contributed by atoms with E-state index >= 15 is 0 Å². The second-order valence-electron chi connectivity index (χ2n) is 1.34. The molecule has 1 rings (SSSR count). The van der Waals surface area contributed by atoms with Crippen LogP contribution in [0.1, 0.15) is 7.43 Å². The number of rotatable bonds is 0. The van der Waals surface area contributed by atoms with Crippen molar-refractivity contribution in [2.24, 2.45) is 0 Å². The maximum absolute atomic E-state index is 8.63. The van der Waals surface area contributed by atoms with E-state index in [4.69, 9.17) is 5.11 Å². The van der Waals surface area contributed by atoms with Gasteiger partial charge in [0.1, 0.15) is 5.75 Å². The average Bonchev–Trinajstić information content (AvgIpc) is 1.69. The SMILES string of the molecule is C.Oc1ccccc1.[Mo]. The molecule has 1 nitrogen and oxygen atoms in total. The molecule has 0 spiro atoms. The maximum atomic E-state index is 8.63. The summed E-state index contributed by atoms with van der Waals surface area (Å²) in [5, 5.41) is 8.63. The van der Waals surface area contributed by atoms with Crippen molar-refractivity contribution in [3.8, 4) is 5.75 Å². The number of hydrogen-bond donors (Lipinski definition) is 1. The third-order valence-corrected chi connectivity index (χ3v) is 0.756. The summed E-state index contributed by atoms with van der Waals surface area (Å²) < 4.78 is 0. The molecule has 0 saturated carbocycles. The van der Waals surface area contributed by atoms with Crippen LogP contribution in [0.3, 0.4) is 0 Å². The van der Waals surface area contributed by atoms with Crippen LogP contribution in [0, 0.1) is 0 Å². The maximum Gasteiger partial charge on any atom is 0.115 e. The van der Waals surface area contributed by atoms with Crippen molar-refractivity contribution < 1.29 is 26.2 Å². The fourth-order valence-corrected chi connectivity index (χ4v) is 0.428. The van der Waals surface area contributed by atoms with Crippen LogP contribution in [0.4, 0.5) is 0 Å². The van der Waals surface area contributed by atoms with E-state index in [0.29, 0.717) is 5.75 Å². The molecule has 0 radical (unpaired) electrons. The van der Waals surface area contributed by atoms with Gasteiger partial charge in [-0.15, -0.1) is 0 Å². The van der Waals surface area contributed by atoms with E-state index in [2.05, 4.69) is 0 Å². The van der Waals surface area contributed by atoms with E-state index in [0.717, 1.165) is 0 Å². The smallest absolute Gasteiger partial charge is 0.115 e. The van der Waals surface area contributed by atoms with Gasteiger partial charge in [0.05, 0.1) is 0 Å². The van der Waals surface area contributed by atoms with Crippen molar-refractivity contribution in [3.63, 3.8) is 0 Å². The third kappa shape index (κ3) is 4.23. The summed E-state index contributed by atoms with van der Waals surface area (Å²) in [5.41, 5.74) is 0. The van der Waals surface area contributed by atoms with Gasteiger partial charge in [0.25, 0.3) is 0 Å². The first kappa shape index (κ1) is 11.5. The molecule has 0 atom stereocenters. The zero-order valence-corrected chi connectivity index (χ0v) is 6.25. The molecule has 0 aliphatic heterocycles. The van der Waals surface area contributed by atoms with E-state index in [1.165, 1.54) is 0 Å². The topological polar surface area (TPSA) is 20.2 Å². The zero-order chi connectivity index (χ0) is 5.11. The van der Waals surface area contributed by atoms with Gasteiger partial charge in [0.2, 0.25) is 0 Å². The van der Waals surface area contributed by atoms with Gasteiger partial charge < -0.3 is 5.11 Å². The summed E-state index contributed by atoms with van der Waals surface area (Å²) in [5.74, 6) is 0.322. The fraction of sp³-hybridized carbons (Fsp3) is 0.143. The van der Waals surface area contributed by atoms with Gasteiger partial charge in [0, 0.05) is 21.1 Å². The molecule has 1 N–H and O–H groups in total. The van der Waals surface area contributed by atoms with E-state index in [9.17, 15) is 0 Å². The number of phenols is 1. The van der Waals surface area contributed by atoms with Crippen molar-refractivity contribution in [1.82, 2.24) is 0 Å². The molecule has 9 heavy (non-hydrogen) atoms. The molecule has 1 aromatic carbocycles. The summed E-state index contributed by atoms with van der Waals surface area (Å²) in [6.45, 7) is 0. The van der Waals surface area contributed by atoms with Crippen LogP contribution in [-0.4, -0.2) is 5.11 Å². The summed E-state index contributed by atoms with van der Waals surface area (Å²) in [6, 6.07) is 8.71. The Morgan fingerprint density at radius 3 is 1.67 bits per heavy atom. The summed E-state index contributed by atoms with van der Waals surface area (Å²) in [4.78, 5) is 0. The molecule has 0 aliphatic carbocycles. The average molecular weight is 206 g/mol. The standard InChI is InChI=1S/C6H6O.CH4.Mo/c7-6-4-2-1-3-5-6;;/h1-5,7H;1H4;. The van der Waals surface area contributed by atoms with Crippen LogP contribution >= 0.6 is 0 Å². The normalized spacial score (nSPS) is 6.67. The Labute approximate surface area is 70.0 Å². The number of para-hydroxylation sites is 1. The number of hydrogen-bond acceptors (Lipinski definition) is 1. The summed E-state index contributed by atoms with van der Waals surface area (Å²) in [7, 11) is 0. The van der Waals surface area contributed by atoms with Crippen LogP contribution < -0.4 is 0 Å². The Morgan fingerprint density at radius 1 is 1.00 bits per heavy atom. The number of benzene rings is 1. The van der Waals surface area contributed by atoms with Gasteiger partial charge >= 0.3 is 0 Å². The first-order valence-electron chi connectivity index (χ1n) is 2.13. The molecule has 0 aliphatic rings. The second-order valence-corrected chi connectivity index (χ2v) is 1.34. The summed E-state index contributed by atoms with van der Waals surface area (Å²) in [6.07, 6.45) is 0. The predicted octanol–water partition coefficient (Wildman–Crippen LogP) is 2.03. The molecule has 50 valence electrons. The van der Waals surface area contributed by atoms with Crippen molar-refractivity contribution >= 4 is 0 Å². The van der Waals surface area contributed by atoms with E-state index in [1.54, 1.807) is 24.3 Å². The largest absolute Gasteiger partial charge is 0.508 e. The number of phenolic OH excluding ortho intramolecular Hbond substituents is 1. The van der Waals surface area contributed by atoms with Crippen LogP contribution in [-0.2, 0) is 21.1 Å². The second kappa shape index (κ2) is 5.84. The molecule has 0 saturated heterocycles. The van der Waals surface area contributed by atoms with Crippen molar-refractivity contribution in [3.05, 3.63) is 30.3 Å². The predicted molar refractivity (Wildman–Crippen MR) is 34.8 cm³/mol. The van der Waals surface area contributed by atoms with Gasteiger partial charge in [-0.05, 0) is 12.1 Å². The van der Waals surface area contributed by atoms with E-state index < -0.39 is 0 Å². The first-order chi connectivity index (χ1) is 3.39. The Kier molecular flexibility index (Phi) is 7.46. The minimum absolute atomic E-state index is 0. The fourth-order valence-electron chi connectivity index (χ4n) is 0.428. The molecule has 0 bridgehead atoms. The van der Waals surface area contributed by atoms with Crippen LogP contribution in [0.5, 0.6) is 5.75 Å². The Morgan fingerprint density at radius 2 is 1.44 bits per heavy atom. The van der Waals surface area contributed by atoms with Crippen LogP contribution in [0.2, 0.25) is 0 Å². The molecule has 0 aromatic heterocycles. The Balaban J connectivity index is 0. The number of aromatic hydroxyl groups is 1. The molecule has 0 fully saturated rings. The van der Waals surface area contributed by atoms with Crippen molar-refractivity contribution in [2.75, 3.05) is 0 Å². The quantitative estimate of drug-likeness (QED) is 0.644. The van der Waals surface area contributed by atoms with E-state index in [-0.39, 0.29) is 28.5 Å². The molecular formula is C7H10MoO. The molecule has 2 heteroatoms. The van der Waals surface area contributed by atoms with Crippen LogP contribution in [0.15, 0.2) is 30.3 Å². The molecular weight excluding hydrogens is 196 g/mol. The first-order valence-corrected chi connectivity index (χ1v) is 2.13. The van der Waals surface area contributed by atoms with E-state index in [1.807, 2.05) is 6.07 Å². The monoisotopic (exact) mass is 208 g/mol. The summed E-state index contributed by atoms with van der Waals surface area (Å²) >= 11 is 0. The Hall–Kier alpha value is -0.292. The minimum atomic E-state index is 0. The van der Waals surface area contributed by atoms with Crippen molar-refractivity contribution in [2.45, 2.75) is 7.43 Å². The van der Waals surface area contributed by atoms with Gasteiger partial charge in [-0.3, -0.25) is 0 Å².